The molecule has 0 heterocycles. The van der Waals surface area contributed by atoms with Gasteiger partial charge in [-0.05, 0) is 25.1 Å². The molecule has 90 valence electrons. The highest BCUT2D eigenvalue weighted by Gasteiger charge is 2.08. The van der Waals surface area contributed by atoms with Gasteiger partial charge in [0, 0.05) is 5.02 Å². The summed E-state index contributed by atoms with van der Waals surface area (Å²) in [5, 5.41) is 2.92. The van der Waals surface area contributed by atoms with Gasteiger partial charge in [-0.1, -0.05) is 11.6 Å². The first-order valence-corrected chi connectivity index (χ1v) is 5.09. The molecule has 1 rings (SSSR count). The molecule has 0 fully saturated rings. The number of methoxy groups -OCH3 is 1. The van der Waals surface area contributed by atoms with Crippen molar-refractivity contribution in [3.63, 3.8) is 0 Å². The second-order valence-corrected chi connectivity index (χ2v) is 3.55. The first kappa shape index (κ1) is 13.2. The molecule has 6 heteroatoms. The molecule has 0 bridgehead atoms. The van der Waals surface area contributed by atoms with E-state index in [2.05, 4.69) is 15.0 Å². The predicted molar refractivity (Wildman–Crippen MR) is 65.9 cm³/mol. The molecule has 0 aliphatic rings. The van der Waals surface area contributed by atoms with Crippen molar-refractivity contribution in [1.29, 1.82) is 0 Å². The number of anilines is 1. The van der Waals surface area contributed by atoms with Crippen LogP contribution in [0.4, 0.5) is 11.4 Å². The van der Waals surface area contributed by atoms with Crippen LogP contribution in [0.25, 0.3) is 0 Å². The van der Waals surface area contributed by atoms with Crippen molar-refractivity contribution in [3.8, 4) is 0 Å². The Labute approximate surface area is 103 Å². The molecule has 0 unspecified atom stereocenters. The van der Waals surface area contributed by atoms with E-state index in [4.69, 9.17) is 11.6 Å². The molecule has 0 aliphatic carbocycles. The van der Waals surface area contributed by atoms with Crippen LogP contribution >= 0.6 is 11.6 Å². The molecule has 0 aliphatic heterocycles. The standard InChI is InChI=1S/C11H11ClN2O3/c1-7(11(16)17-2)14-10-5-8(12)3-4-9(10)13-6-15/h3-6H,1-2H3,(H,13,15)/b14-7+. The summed E-state index contributed by atoms with van der Waals surface area (Å²) in [4.78, 5) is 25.6. The summed E-state index contributed by atoms with van der Waals surface area (Å²) >= 11 is 5.81. The summed E-state index contributed by atoms with van der Waals surface area (Å²) < 4.78 is 4.52. The fourth-order valence-electron chi connectivity index (χ4n) is 1.16. The maximum atomic E-state index is 11.2. The monoisotopic (exact) mass is 254 g/mol. The fourth-order valence-corrected chi connectivity index (χ4v) is 1.32. The first-order chi connectivity index (χ1) is 8.08. The number of aliphatic imine (C=N–C) groups is 1. The van der Waals surface area contributed by atoms with E-state index < -0.39 is 5.97 Å². The third-order valence-electron chi connectivity index (χ3n) is 1.94. The minimum atomic E-state index is -0.540. The average molecular weight is 255 g/mol. The van der Waals surface area contributed by atoms with Crippen LogP contribution in [0.15, 0.2) is 23.2 Å². The van der Waals surface area contributed by atoms with E-state index in [9.17, 15) is 9.59 Å². The molecule has 0 aromatic heterocycles. The second kappa shape index (κ2) is 6.00. The van der Waals surface area contributed by atoms with Gasteiger partial charge >= 0.3 is 5.97 Å². The number of carbonyl (C=O) groups is 2. The van der Waals surface area contributed by atoms with Crippen molar-refractivity contribution >= 4 is 41.1 Å². The summed E-state index contributed by atoms with van der Waals surface area (Å²) in [6.45, 7) is 1.51. The summed E-state index contributed by atoms with van der Waals surface area (Å²) in [5.74, 6) is -0.540. The van der Waals surface area contributed by atoms with Crippen molar-refractivity contribution < 1.29 is 14.3 Å². The van der Waals surface area contributed by atoms with Crippen LogP contribution in [-0.4, -0.2) is 25.2 Å². The van der Waals surface area contributed by atoms with Gasteiger partial charge in [-0.2, -0.15) is 0 Å². The van der Waals surface area contributed by atoms with Crippen molar-refractivity contribution in [3.05, 3.63) is 23.2 Å². The van der Waals surface area contributed by atoms with Gasteiger partial charge in [-0.3, -0.25) is 4.79 Å². The van der Waals surface area contributed by atoms with Gasteiger partial charge in [0.05, 0.1) is 18.5 Å². The van der Waals surface area contributed by atoms with Gasteiger partial charge in [0.1, 0.15) is 5.71 Å². The summed E-state index contributed by atoms with van der Waals surface area (Å²) in [6, 6.07) is 4.75. The Balaban J connectivity index is 3.15. The first-order valence-electron chi connectivity index (χ1n) is 4.72. The molecular weight excluding hydrogens is 244 g/mol. The van der Waals surface area contributed by atoms with Crippen molar-refractivity contribution in [1.82, 2.24) is 0 Å². The molecule has 1 aromatic carbocycles. The number of amides is 1. The number of esters is 1. The van der Waals surface area contributed by atoms with E-state index in [0.717, 1.165) is 0 Å². The third-order valence-corrected chi connectivity index (χ3v) is 2.18. The predicted octanol–water partition coefficient (Wildman–Crippen LogP) is 2.17. The molecular formula is C11H11ClN2O3. The molecule has 0 saturated carbocycles. The van der Waals surface area contributed by atoms with Gasteiger partial charge in [0.2, 0.25) is 6.41 Å². The number of ether oxygens (including phenoxy) is 1. The topological polar surface area (TPSA) is 67.8 Å². The van der Waals surface area contributed by atoms with E-state index in [1.54, 1.807) is 18.2 Å². The number of benzene rings is 1. The Kier molecular flexibility index (Phi) is 4.66. The second-order valence-electron chi connectivity index (χ2n) is 3.11. The van der Waals surface area contributed by atoms with Crippen LogP contribution in [0.3, 0.4) is 0 Å². The van der Waals surface area contributed by atoms with Crippen LogP contribution < -0.4 is 5.32 Å². The number of rotatable bonds is 4. The Hall–Kier alpha value is -1.88. The van der Waals surface area contributed by atoms with Crippen molar-refractivity contribution in [2.45, 2.75) is 6.92 Å². The molecule has 0 atom stereocenters. The van der Waals surface area contributed by atoms with E-state index >= 15 is 0 Å². The van der Waals surface area contributed by atoms with Crippen LogP contribution in [0.2, 0.25) is 5.02 Å². The highest BCUT2D eigenvalue weighted by atomic mass is 35.5. The maximum Gasteiger partial charge on any atom is 0.352 e. The number of halogens is 1. The molecule has 0 saturated heterocycles. The molecule has 1 N–H and O–H groups in total. The van der Waals surface area contributed by atoms with E-state index in [1.165, 1.54) is 14.0 Å². The van der Waals surface area contributed by atoms with Crippen LogP contribution in [-0.2, 0) is 14.3 Å². The summed E-state index contributed by atoms with van der Waals surface area (Å²) in [6.07, 6.45) is 0.524. The highest BCUT2D eigenvalue weighted by Crippen LogP contribution is 2.28. The number of hydrogen-bond donors (Lipinski definition) is 1. The SMILES string of the molecule is COC(=O)/C(C)=N/c1cc(Cl)ccc1NC=O. The minimum Gasteiger partial charge on any atom is -0.465 e. The normalized spacial score (nSPS) is 10.9. The Bertz CT molecular complexity index is 472. The molecule has 0 spiro atoms. The lowest BCUT2D eigenvalue weighted by Crippen LogP contribution is -2.11. The quantitative estimate of drug-likeness (QED) is 0.509. The van der Waals surface area contributed by atoms with Crippen molar-refractivity contribution in [2.24, 2.45) is 4.99 Å². The van der Waals surface area contributed by atoms with Crippen molar-refractivity contribution in [2.75, 3.05) is 12.4 Å². The molecule has 1 aromatic rings. The van der Waals surface area contributed by atoms with Gasteiger partial charge < -0.3 is 10.1 Å². The number of carbonyl (C=O) groups excluding carboxylic acids is 2. The van der Waals surface area contributed by atoms with E-state index in [-0.39, 0.29) is 5.71 Å². The molecule has 0 radical (unpaired) electrons. The number of nitrogens with zero attached hydrogens (tertiary/aromatic N) is 1. The van der Waals surface area contributed by atoms with Gasteiger partial charge in [-0.25, -0.2) is 9.79 Å². The van der Waals surface area contributed by atoms with E-state index in [0.29, 0.717) is 22.8 Å². The Morgan fingerprint density at radius 2 is 2.24 bits per heavy atom. The zero-order chi connectivity index (χ0) is 12.8. The lowest BCUT2D eigenvalue weighted by atomic mass is 10.2. The van der Waals surface area contributed by atoms with Crippen LogP contribution in [0.5, 0.6) is 0 Å². The van der Waals surface area contributed by atoms with Crippen LogP contribution in [0.1, 0.15) is 6.92 Å². The van der Waals surface area contributed by atoms with Gasteiger partial charge in [0.25, 0.3) is 0 Å². The van der Waals surface area contributed by atoms with E-state index in [1.807, 2.05) is 0 Å². The molecule has 5 nitrogen and oxygen atoms in total. The molecule has 1 amide bonds. The maximum absolute atomic E-state index is 11.2. The zero-order valence-electron chi connectivity index (χ0n) is 9.36. The number of nitrogens with one attached hydrogen (secondary N) is 1. The third kappa shape index (κ3) is 3.57. The zero-order valence-corrected chi connectivity index (χ0v) is 10.1. The summed E-state index contributed by atoms with van der Waals surface area (Å²) in [5.41, 5.74) is 1.03. The van der Waals surface area contributed by atoms with Gasteiger partial charge in [0.15, 0.2) is 0 Å². The molecule has 17 heavy (non-hydrogen) atoms. The number of hydrogen-bond acceptors (Lipinski definition) is 4. The lowest BCUT2D eigenvalue weighted by Gasteiger charge is -2.05. The largest absolute Gasteiger partial charge is 0.465 e. The average Bonchev–Trinajstić information content (AvgIpc) is 2.31. The fraction of sp³-hybridized carbons (Fsp3) is 0.182. The highest BCUT2D eigenvalue weighted by molar-refractivity contribution is 6.36. The smallest absolute Gasteiger partial charge is 0.352 e. The van der Waals surface area contributed by atoms with Crippen LogP contribution in [0, 0.1) is 0 Å². The Morgan fingerprint density at radius 1 is 1.53 bits per heavy atom. The Morgan fingerprint density at radius 3 is 2.82 bits per heavy atom. The lowest BCUT2D eigenvalue weighted by molar-refractivity contribution is -0.132. The minimum absolute atomic E-state index is 0.170. The van der Waals surface area contributed by atoms with Gasteiger partial charge in [-0.15, -0.1) is 0 Å². The summed E-state index contributed by atoms with van der Waals surface area (Å²) in [7, 11) is 1.27.